The average molecular weight is 390 g/mol. The minimum absolute atomic E-state index is 0.0579. The molecule has 0 saturated carbocycles. The summed E-state index contributed by atoms with van der Waals surface area (Å²) in [5.41, 5.74) is 6.78. The van der Waals surface area contributed by atoms with Gasteiger partial charge in [0.2, 0.25) is 0 Å². The lowest BCUT2D eigenvalue weighted by atomic mass is 10.1. The van der Waals surface area contributed by atoms with Crippen molar-refractivity contribution in [2.24, 2.45) is 0 Å². The zero-order valence-electron chi connectivity index (χ0n) is 14.7. The molecule has 13 heteroatoms. The number of aliphatic hydroxyl groups excluding tert-OH is 3. The molecule has 0 radical (unpaired) electrons. The van der Waals surface area contributed by atoms with E-state index in [0.717, 1.165) is 0 Å². The Hall–Kier alpha value is -3.13. The van der Waals surface area contributed by atoms with Crippen molar-refractivity contribution in [3.63, 3.8) is 0 Å². The Balaban J connectivity index is 1.77. The maximum Gasteiger partial charge on any atom is 0.254 e. The van der Waals surface area contributed by atoms with Crippen molar-refractivity contribution in [3.05, 3.63) is 24.3 Å². The van der Waals surface area contributed by atoms with Gasteiger partial charge in [0.15, 0.2) is 17.7 Å². The third-order valence-corrected chi connectivity index (χ3v) is 4.50. The lowest BCUT2D eigenvalue weighted by Crippen LogP contribution is -2.33. The molecule has 0 unspecified atom stereocenters. The fraction of sp³-hybridized carbons (Fsp3) is 0.400. The summed E-state index contributed by atoms with van der Waals surface area (Å²) in [6.07, 6.45) is -0.418. The van der Waals surface area contributed by atoms with Gasteiger partial charge in [-0.05, 0) is 0 Å². The van der Waals surface area contributed by atoms with Crippen LogP contribution in [0, 0.1) is 0 Å². The molecule has 0 bridgehead atoms. The molecule has 4 heterocycles. The van der Waals surface area contributed by atoms with E-state index in [0.29, 0.717) is 5.56 Å². The molecule has 1 amide bonds. The van der Waals surface area contributed by atoms with E-state index < -0.39 is 31.1 Å². The smallest absolute Gasteiger partial charge is 0.254 e. The van der Waals surface area contributed by atoms with Gasteiger partial charge in [-0.2, -0.15) is 15.1 Å². The normalized spacial score (nSPS) is 24.7. The van der Waals surface area contributed by atoms with Crippen LogP contribution in [0.5, 0.6) is 0 Å². The van der Waals surface area contributed by atoms with Gasteiger partial charge in [0.1, 0.15) is 23.8 Å². The Morgan fingerprint density at radius 3 is 2.82 bits per heavy atom. The van der Waals surface area contributed by atoms with Crippen LogP contribution in [0.2, 0.25) is 0 Å². The standard InChI is InChI=1S/C15H18N8O5/c1-17-13(27)6-2-19-23(3-6)15-20-11(16)8-12(21-15)22(5-18-8)14-10(26)9(25)7(4-24)28-14/h2-3,5,7,9-10,14,24-26H,4H2,1H3,(H,17,27)(H2,16,20,21)/t7-,9-,10-,14-/m0/s1. The number of hydrogen-bond donors (Lipinski definition) is 5. The fourth-order valence-electron chi connectivity index (χ4n) is 3.02. The Labute approximate surface area is 157 Å². The first-order valence-electron chi connectivity index (χ1n) is 8.34. The van der Waals surface area contributed by atoms with Gasteiger partial charge >= 0.3 is 0 Å². The van der Waals surface area contributed by atoms with Crippen LogP contribution in [0.4, 0.5) is 5.82 Å². The van der Waals surface area contributed by atoms with Gasteiger partial charge in [-0.15, -0.1) is 0 Å². The maximum absolute atomic E-state index is 11.7. The number of aromatic nitrogens is 6. The molecule has 0 spiro atoms. The topological polar surface area (TPSA) is 186 Å². The summed E-state index contributed by atoms with van der Waals surface area (Å²) in [7, 11) is 1.50. The predicted molar refractivity (Wildman–Crippen MR) is 93.3 cm³/mol. The molecule has 0 aliphatic carbocycles. The molecule has 0 aromatic carbocycles. The van der Waals surface area contributed by atoms with E-state index in [1.807, 2.05) is 0 Å². The predicted octanol–water partition coefficient (Wildman–Crippen LogP) is -2.43. The summed E-state index contributed by atoms with van der Waals surface area (Å²) < 4.78 is 8.18. The van der Waals surface area contributed by atoms with E-state index in [2.05, 4.69) is 25.4 Å². The van der Waals surface area contributed by atoms with Crippen LogP contribution >= 0.6 is 0 Å². The lowest BCUT2D eigenvalue weighted by Gasteiger charge is -2.16. The Kier molecular flexibility index (Phi) is 4.43. The van der Waals surface area contributed by atoms with E-state index >= 15 is 0 Å². The van der Waals surface area contributed by atoms with Gasteiger partial charge in [-0.1, -0.05) is 0 Å². The molecule has 148 valence electrons. The first-order chi connectivity index (χ1) is 13.4. The molecule has 1 aliphatic heterocycles. The molecule has 1 fully saturated rings. The second kappa shape index (κ2) is 6.79. The number of aliphatic hydroxyl groups is 3. The van der Waals surface area contributed by atoms with Crippen LogP contribution < -0.4 is 11.1 Å². The Morgan fingerprint density at radius 2 is 2.14 bits per heavy atom. The summed E-state index contributed by atoms with van der Waals surface area (Å²) in [6, 6.07) is 0. The number of ether oxygens (including phenoxy) is 1. The van der Waals surface area contributed by atoms with Gasteiger partial charge in [0.25, 0.3) is 11.9 Å². The highest BCUT2D eigenvalue weighted by Gasteiger charge is 2.44. The molecule has 13 nitrogen and oxygen atoms in total. The number of amides is 1. The SMILES string of the molecule is CNC(=O)c1cnn(-c2nc(N)c3ncn([C@H]4O[C@@H](CO)[C@H](O)[C@@H]4O)c3n2)c1. The van der Waals surface area contributed by atoms with Gasteiger partial charge in [-0.25, -0.2) is 9.67 Å². The van der Waals surface area contributed by atoms with Crippen LogP contribution in [0.15, 0.2) is 18.7 Å². The number of nitrogen functional groups attached to an aromatic ring is 1. The number of anilines is 1. The highest BCUT2D eigenvalue weighted by molar-refractivity contribution is 5.93. The molecule has 6 N–H and O–H groups in total. The average Bonchev–Trinajstić information content (AvgIpc) is 3.40. The minimum atomic E-state index is -1.31. The van der Waals surface area contributed by atoms with Gasteiger partial charge < -0.3 is 31.1 Å². The van der Waals surface area contributed by atoms with Crippen LogP contribution in [0.3, 0.4) is 0 Å². The van der Waals surface area contributed by atoms with Gasteiger partial charge in [0.05, 0.1) is 24.7 Å². The van der Waals surface area contributed by atoms with E-state index in [4.69, 9.17) is 10.5 Å². The summed E-state index contributed by atoms with van der Waals surface area (Å²) in [6.45, 7) is -0.459. The van der Waals surface area contributed by atoms with Gasteiger partial charge in [-0.3, -0.25) is 9.36 Å². The van der Waals surface area contributed by atoms with Crippen molar-refractivity contribution in [2.75, 3.05) is 19.4 Å². The fourth-order valence-corrected chi connectivity index (χ4v) is 3.02. The van der Waals surface area contributed by atoms with Crippen molar-refractivity contribution in [3.8, 4) is 5.95 Å². The minimum Gasteiger partial charge on any atom is -0.394 e. The maximum atomic E-state index is 11.7. The Morgan fingerprint density at radius 1 is 1.36 bits per heavy atom. The zero-order valence-corrected chi connectivity index (χ0v) is 14.7. The van der Waals surface area contributed by atoms with Crippen LogP contribution in [0.25, 0.3) is 17.1 Å². The third kappa shape index (κ3) is 2.77. The van der Waals surface area contributed by atoms with Gasteiger partial charge in [0, 0.05) is 13.2 Å². The van der Waals surface area contributed by atoms with Crippen molar-refractivity contribution in [2.45, 2.75) is 24.5 Å². The molecule has 3 aromatic rings. The Bertz CT molecular complexity index is 1030. The molecule has 4 atom stereocenters. The van der Waals surface area contributed by atoms with E-state index in [1.165, 1.54) is 35.0 Å². The second-order valence-electron chi connectivity index (χ2n) is 6.21. The number of fused-ring (bicyclic) bond motifs is 1. The highest BCUT2D eigenvalue weighted by atomic mass is 16.6. The number of nitrogens with one attached hydrogen (secondary N) is 1. The van der Waals surface area contributed by atoms with Crippen molar-refractivity contribution < 1.29 is 24.9 Å². The van der Waals surface area contributed by atoms with Crippen molar-refractivity contribution >= 4 is 22.9 Å². The quantitative estimate of drug-likeness (QED) is 0.320. The molecule has 1 aliphatic rings. The lowest BCUT2D eigenvalue weighted by molar-refractivity contribution is -0.0511. The number of carbonyl (C=O) groups excluding carboxylic acids is 1. The number of hydrogen-bond acceptors (Lipinski definition) is 10. The van der Waals surface area contributed by atoms with Crippen LogP contribution in [0.1, 0.15) is 16.6 Å². The monoisotopic (exact) mass is 390 g/mol. The summed E-state index contributed by atoms with van der Waals surface area (Å²) in [5.74, 6) is -0.187. The zero-order chi connectivity index (χ0) is 20.0. The molecule has 28 heavy (non-hydrogen) atoms. The largest absolute Gasteiger partial charge is 0.394 e. The molecule has 4 rings (SSSR count). The van der Waals surface area contributed by atoms with Crippen molar-refractivity contribution in [1.29, 1.82) is 0 Å². The highest BCUT2D eigenvalue weighted by Crippen LogP contribution is 2.32. The number of rotatable bonds is 4. The summed E-state index contributed by atoms with van der Waals surface area (Å²) in [5, 5.41) is 36.1. The summed E-state index contributed by atoms with van der Waals surface area (Å²) >= 11 is 0. The van der Waals surface area contributed by atoms with E-state index in [9.17, 15) is 20.1 Å². The second-order valence-corrected chi connectivity index (χ2v) is 6.21. The van der Waals surface area contributed by atoms with Crippen LogP contribution in [-0.4, -0.2) is 82.5 Å². The molecular formula is C15H18N8O5. The number of nitrogens with two attached hydrogens (primary N) is 1. The number of carbonyl (C=O) groups is 1. The van der Waals surface area contributed by atoms with E-state index in [1.54, 1.807) is 0 Å². The first kappa shape index (κ1) is 18.2. The van der Waals surface area contributed by atoms with Crippen molar-refractivity contribution in [1.82, 2.24) is 34.6 Å². The molecular weight excluding hydrogens is 372 g/mol. The number of imidazole rings is 1. The third-order valence-electron chi connectivity index (χ3n) is 4.50. The number of nitrogens with zero attached hydrogens (tertiary/aromatic N) is 6. The van der Waals surface area contributed by atoms with Crippen LogP contribution in [-0.2, 0) is 4.74 Å². The molecule has 1 saturated heterocycles. The first-order valence-corrected chi connectivity index (χ1v) is 8.34. The van der Waals surface area contributed by atoms with E-state index in [-0.39, 0.29) is 28.8 Å². The molecule has 3 aromatic heterocycles. The summed E-state index contributed by atoms with van der Waals surface area (Å²) in [4.78, 5) is 24.4.